The molecular weight excluding hydrogens is 399 g/mol. The van der Waals surface area contributed by atoms with Crippen molar-refractivity contribution in [2.75, 3.05) is 19.3 Å². The summed E-state index contributed by atoms with van der Waals surface area (Å²) in [5.74, 6) is -0.432. The molecule has 1 aliphatic rings. The van der Waals surface area contributed by atoms with Gasteiger partial charge in [-0.2, -0.15) is 0 Å². The molecule has 2 bridgehead atoms. The number of nitrogen functional groups attached to an aromatic ring is 1. The molecule has 8 nitrogen and oxygen atoms in total. The molecule has 31 heavy (non-hydrogen) atoms. The Bertz CT molecular complexity index is 1090. The van der Waals surface area contributed by atoms with Crippen molar-refractivity contribution in [2.45, 2.75) is 19.6 Å². The van der Waals surface area contributed by atoms with Crippen molar-refractivity contribution in [2.24, 2.45) is 16.5 Å². The molecule has 0 aliphatic carbocycles. The number of Topliss-reactive ketones (excluding diaryl/α,β-unsaturated/α-hetero) is 1. The maximum Gasteiger partial charge on any atom is 0.196 e. The highest BCUT2D eigenvalue weighted by atomic mass is 19.1. The molecule has 0 saturated carbocycles. The molecule has 2 heterocycles. The fraction of sp³-hybridized carbons (Fsp3) is 0.227. The van der Waals surface area contributed by atoms with Crippen LogP contribution in [0.4, 0.5) is 10.2 Å². The summed E-state index contributed by atoms with van der Waals surface area (Å²) >= 11 is 0. The first-order valence-electron chi connectivity index (χ1n) is 9.72. The Morgan fingerprint density at radius 1 is 1.39 bits per heavy atom. The van der Waals surface area contributed by atoms with Gasteiger partial charge in [0.25, 0.3) is 0 Å². The van der Waals surface area contributed by atoms with Crippen LogP contribution in [-0.4, -0.2) is 30.1 Å². The Hall–Kier alpha value is -3.72. The van der Waals surface area contributed by atoms with Gasteiger partial charge in [-0.25, -0.2) is 9.37 Å². The summed E-state index contributed by atoms with van der Waals surface area (Å²) in [7, 11) is 1.65. The molecule has 0 spiro atoms. The summed E-state index contributed by atoms with van der Waals surface area (Å²) in [6, 6.07) is 4.90. The quantitative estimate of drug-likeness (QED) is 0.538. The zero-order valence-electron chi connectivity index (χ0n) is 17.4. The van der Waals surface area contributed by atoms with E-state index < -0.39 is 17.6 Å². The fourth-order valence-corrected chi connectivity index (χ4v) is 3.39. The second-order valence-corrected chi connectivity index (χ2v) is 6.84. The third kappa shape index (κ3) is 4.41. The topological polar surface area (TPSA) is 142 Å². The highest BCUT2D eigenvalue weighted by molar-refractivity contribution is 6.32. The standard InChI is InChI=1S/C22H25FN6O2/c1-3-28-20-12-7-18(22(26)29-9-12)31-11-13-6-14(23)4-5-15(13)19(25)17(10-27-2)21(30)16(20)8-24/h4-10,19,27H,3,11,24-25H2,1-2H3,(H2,26,29)/b16-8+,17-10+,28-20?. The van der Waals surface area contributed by atoms with E-state index in [0.717, 1.165) is 0 Å². The number of allylic oxidation sites excluding steroid dienone is 1. The minimum atomic E-state index is -0.870. The summed E-state index contributed by atoms with van der Waals surface area (Å²) in [6.45, 7) is 2.22. The minimum Gasteiger partial charge on any atom is -0.485 e. The lowest BCUT2D eigenvalue weighted by atomic mass is 9.88. The number of pyridine rings is 1. The number of aromatic nitrogens is 1. The Morgan fingerprint density at radius 2 is 2.16 bits per heavy atom. The zero-order valence-corrected chi connectivity index (χ0v) is 17.4. The molecule has 9 heteroatoms. The lowest BCUT2D eigenvalue weighted by Gasteiger charge is -2.22. The largest absolute Gasteiger partial charge is 0.485 e. The lowest BCUT2D eigenvalue weighted by molar-refractivity contribution is -0.112. The fourth-order valence-electron chi connectivity index (χ4n) is 3.39. The van der Waals surface area contributed by atoms with Gasteiger partial charge >= 0.3 is 0 Å². The van der Waals surface area contributed by atoms with E-state index in [-0.39, 0.29) is 29.3 Å². The van der Waals surface area contributed by atoms with Crippen LogP contribution < -0.4 is 27.3 Å². The monoisotopic (exact) mass is 424 g/mol. The number of anilines is 1. The van der Waals surface area contributed by atoms with E-state index in [1.54, 1.807) is 13.1 Å². The van der Waals surface area contributed by atoms with Gasteiger partial charge in [-0.05, 0) is 36.2 Å². The average molecular weight is 424 g/mol. The molecule has 7 N–H and O–H groups in total. The number of aliphatic imine (C=N–C) groups is 1. The third-order valence-electron chi connectivity index (χ3n) is 4.86. The van der Waals surface area contributed by atoms with Gasteiger partial charge in [-0.3, -0.25) is 9.79 Å². The van der Waals surface area contributed by atoms with Crippen LogP contribution >= 0.6 is 0 Å². The molecule has 0 radical (unpaired) electrons. The van der Waals surface area contributed by atoms with Crippen molar-refractivity contribution < 1.29 is 13.9 Å². The van der Waals surface area contributed by atoms with Gasteiger partial charge in [0.1, 0.15) is 12.4 Å². The summed E-state index contributed by atoms with van der Waals surface area (Å²) < 4.78 is 19.8. The number of carbonyl (C=O) groups is 1. The van der Waals surface area contributed by atoms with Crippen LogP contribution in [0.3, 0.4) is 0 Å². The van der Waals surface area contributed by atoms with Crippen molar-refractivity contribution in [3.63, 3.8) is 0 Å². The van der Waals surface area contributed by atoms with Crippen LogP contribution in [0.2, 0.25) is 0 Å². The van der Waals surface area contributed by atoms with E-state index in [1.165, 1.54) is 36.8 Å². The molecule has 2 aromatic rings. The summed E-state index contributed by atoms with van der Waals surface area (Å²) in [4.78, 5) is 22.2. The number of hydrogen-bond acceptors (Lipinski definition) is 8. The zero-order chi connectivity index (χ0) is 22.5. The van der Waals surface area contributed by atoms with Crippen molar-refractivity contribution >= 4 is 17.3 Å². The van der Waals surface area contributed by atoms with E-state index in [9.17, 15) is 9.18 Å². The van der Waals surface area contributed by atoms with Gasteiger partial charge in [-0.15, -0.1) is 0 Å². The number of halogens is 1. The molecule has 1 aromatic heterocycles. The molecule has 0 amide bonds. The highest BCUT2D eigenvalue weighted by Gasteiger charge is 2.28. The van der Waals surface area contributed by atoms with Crippen LogP contribution in [0.5, 0.6) is 5.75 Å². The van der Waals surface area contributed by atoms with E-state index in [4.69, 9.17) is 21.9 Å². The molecule has 1 atom stereocenters. The van der Waals surface area contributed by atoms with Gasteiger partial charge in [0.15, 0.2) is 17.4 Å². The molecule has 0 saturated heterocycles. The maximum atomic E-state index is 14.0. The summed E-state index contributed by atoms with van der Waals surface area (Å²) in [6.07, 6.45) is 4.20. The normalized spacial score (nSPS) is 20.7. The lowest BCUT2D eigenvalue weighted by Crippen LogP contribution is -2.27. The Kier molecular flexibility index (Phi) is 6.66. The maximum absolute atomic E-state index is 14.0. The summed E-state index contributed by atoms with van der Waals surface area (Å²) in [5, 5.41) is 2.85. The first-order chi connectivity index (χ1) is 14.9. The molecule has 1 unspecified atom stereocenters. The number of nitrogens with zero attached hydrogens (tertiary/aromatic N) is 2. The molecule has 162 valence electrons. The highest BCUT2D eigenvalue weighted by Crippen LogP contribution is 2.30. The predicted molar refractivity (Wildman–Crippen MR) is 118 cm³/mol. The second-order valence-electron chi connectivity index (χ2n) is 6.84. The first kappa shape index (κ1) is 22.0. The molecule has 0 fully saturated rings. The van der Waals surface area contributed by atoms with Crippen LogP contribution in [0.15, 0.2) is 59.0 Å². The van der Waals surface area contributed by atoms with Crippen LogP contribution in [0.25, 0.3) is 0 Å². The van der Waals surface area contributed by atoms with Crippen molar-refractivity contribution in [1.29, 1.82) is 0 Å². The smallest absolute Gasteiger partial charge is 0.196 e. The third-order valence-corrected chi connectivity index (χ3v) is 4.86. The summed E-state index contributed by atoms with van der Waals surface area (Å²) in [5.41, 5.74) is 20.6. The number of nitrogens with one attached hydrogen (secondary N) is 1. The number of carbonyl (C=O) groups excluding carboxylic acids is 1. The van der Waals surface area contributed by atoms with Crippen LogP contribution in [-0.2, 0) is 11.4 Å². The number of benzene rings is 1. The van der Waals surface area contributed by atoms with Crippen molar-refractivity contribution in [3.05, 3.63) is 76.5 Å². The molecular formula is C22H25FN6O2. The van der Waals surface area contributed by atoms with E-state index in [0.29, 0.717) is 28.9 Å². The van der Waals surface area contributed by atoms with Gasteiger partial charge in [0.2, 0.25) is 0 Å². The average Bonchev–Trinajstić information content (AvgIpc) is 2.76. The Morgan fingerprint density at radius 3 is 2.84 bits per heavy atom. The number of fused-ring (bicyclic) bond motifs is 3. The van der Waals surface area contributed by atoms with E-state index >= 15 is 0 Å². The van der Waals surface area contributed by atoms with Gasteiger partial charge in [0, 0.05) is 43.3 Å². The molecule has 1 aromatic carbocycles. The van der Waals surface area contributed by atoms with Gasteiger partial charge in [0.05, 0.1) is 17.3 Å². The number of ether oxygens (including phenoxy) is 1. The van der Waals surface area contributed by atoms with Crippen LogP contribution in [0.1, 0.15) is 29.7 Å². The Labute approximate surface area is 179 Å². The molecule has 3 rings (SSSR count). The number of hydrogen-bond donors (Lipinski definition) is 4. The number of nitrogens with two attached hydrogens (primary N) is 3. The molecule has 1 aliphatic heterocycles. The minimum absolute atomic E-state index is 0.0169. The van der Waals surface area contributed by atoms with Crippen molar-refractivity contribution in [1.82, 2.24) is 10.3 Å². The van der Waals surface area contributed by atoms with Crippen molar-refractivity contribution in [3.8, 4) is 5.75 Å². The van der Waals surface area contributed by atoms with Gasteiger partial charge < -0.3 is 27.3 Å². The Balaban J connectivity index is 2.30. The predicted octanol–water partition coefficient (Wildman–Crippen LogP) is 1.72. The number of rotatable bonds is 2. The second kappa shape index (κ2) is 9.40. The van der Waals surface area contributed by atoms with E-state index in [2.05, 4.69) is 15.3 Å². The van der Waals surface area contributed by atoms with E-state index in [1.807, 2.05) is 6.92 Å². The van der Waals surface area contributed by atoms with Gasteiger partial charge in [-0.1, -0.05) is 6.07 Å². The SMILES string of the molecule is CCN=C1/C(=C\N)C(=O)/C(=C/NC)C(N)c2ccc(F)cc2COc2cc1cnc2N. The first-order valence-corrected chi connectivity index (χ1v) is 9.72. The van der Waals surface area contributed by atoms with Crippen LogP contribution in [0, 0.1) is 5.82 Å². The number of ketones is 1.